The van der Waals surface area contributed by atoms with Gasteiger partial charge in [0.2, 0.25) is 0 Å². The minimum absolute atomic E-state index is 0.241. The molecule has 0 atom stereocenters. The molecule has 2 aromatic heterocycles. The van der Waals surface area contributed by atoms with Crippen molar-refractivity contribution < 1.29 is 4.39 Å². The maximum atomic E-state index is 13.7. The van der Waals surface area contributed by atoms with Crippen LogP contribution in [0.4, 0.5) is 10.1 Å². The van der Waals surface area contributed by atoms with Gasteiger partial charge >= 0.3 is 0 Å². The Labute approximate surface area is 96.9 Å². The number of hydrogen-bond acceptors (Lipinski definition) is 2. The van der Waals surface area contributed by atoms with Gasteiger partial charge in [-0.15, -0.1) is 0 Å². The van der Waals surface area contributed by atoms with Gasteiger partial charge in [0.1, 0.15) is 11.5 Å². The van der Waals surface area contributed by atoms with Crippen molar-refractivity contribution in [3.8, 4) is 11.4 Å². The fourth-order valence-corrected chi connectivity index (χ4v) is 2.11. The summed E-state index contributed by atoms with van der Waals surface area (Å²) >= 11 is 0. The fraction of sp³-hybridized carbons (Fsp3) is 0.0833. The zero-order valence-corrected chi connectivity index (χ0v) is 9.24. The first-order valence-electron chi connectivity index (χ1n) is 5.21. The lowest BCUT2D eigenvalue weighted by Gasteiger charge is -2.03. The van der Waals surface area contributed by atoms with Crippen molar-refractivity contribution in [2.45, 2.75) is 0 Å². The van der Waals surface area contributed by atoms with Crippen LogP contribution in [0.2, 0.25) is 0 Å². The standard InChI is InChI=1S/C12H11FN4/c1-17-10(11-9(14)6-15-16-11)5-7-3-2-4-8(13)12(7)17/h2-6H,14H2,1H3,(H,15,16). The molecule has 5 heteroatoms. The van der Waals surface area contributed by atoms with Crippen LogP contribution in [0.3, 0.4) is 0 Å². The number of nitrogens with zero attached hydrogens (tertiary/aromatic N) is 2. The number of hydrogen-bond donors (Lipinski definition) is 2. The number of aryl methyl sites for hydroxylation is 1. The molecular formula is C12H11FN4. The van der Waals surface area contributed by atoms with E-state index in [9.17, 15) is 4.39 Å². The molecule has 0 aliphatic heterocycles. The molecule has 0 amide bonds. The Bertz CT molecular complexity index is 696. The lowest BCUT2D eigenvalue weighted by atomic mass is 10.2. The van der Waals surface area contributed by atoms with Gasteiger partial charge in [-0.3, -0.25) is 5.10 Å². The highest BCUT2D eigenvalue weighted by Crippen LogP contribution is 2.30. The normalized spacial score (nSPS) is 11.2. The Balaban J connectivity index is 2.36. The Hall–Kier alpha value is -2.30. The van der Waals surface area contributed by atoms with Crippen molar-refractivity contribution in [2.75, 3.05) is 5.73 Å². The third-order valence-corrected chi connectivity index (χ3v) is 2.93. The molecule has 0 radical (unpaired) electrons. The van der Waals surface area contributed by atoms with Crippen LogP contribution < -0.4 is 5.73 Å². The summed E-state index contributed by atoms with van der Waals surface area (Å²) in [6.07, 6.45) is 1.54. The zero-order valence-electron chi connectivity index (χ0n) is 9.24. The van der Waals surface area contributed by atoms with Gasteiger partial charge in [0.15, 0.2) is 0 Å². The molecule has 2 heterocycles. The average molecular weight is 230 g/mol. The molecule has 0 fully saturated rings. The second-order valence-corrected chi connectivity index (χ2v) is 3.97. The molecule has 0 bridgehead atoms. The highest BCUT2D eigenvalue weighted by Gasteiger charge is 2.13. The summed E-state index contributed by atoms with van der Waals surface area (Å²) in [7, 11) is 1.81. The number of nitrogens with one attached hydrogen (secondary N) is 1. The Morgan fingerprint density at radius 2 is 2.24 bits per heavy atom. The van der Waals surface area contributed by atoms with Crippen LogP contribution in [-0.4, -0.2) is 14.8 Å². The van der Waals surface area contributed by atoms with Crippen molar-refractivity contribution >= 4 is 16.6 Å². The van der Waals surface area contributed by atoms with E-state index in [-0.39, 0.29) is 5.82 Å². The smallest absolute Gasteiger partial charge is 0.147 e. The minimum atomic E-state index is -0.241. The Morgan fingerprint density at radius 1 is 1.41 bits per heavy atom. The van der Waals surface area contributed by atoms with E-state index in [1.807, 2.05) is 12.1 Å². The van der Waals surface area contributed by atoms with Crippen molar-refractivity contribution in [3.05, 3.63) is 36.3 Å². The summed E-state index contributed by atoms with van der Waals surface area (Å²) < 4.78 is 15.5. The third kappa shape index (κ3) is 1.32. The predicted octanol–water partition coefficient (Wildman–Crippen LogP) is 2.29. The molecule has 86 valence electrons. The largest absolute Gasteiger partial charge is 0.396 e. The highest BCUT2D eigenvalue weighted by molar-refractivity contribution is 5.88. The topological polar surface area (TPSA) is 59.6 Å². The van der Waals surface area contributed by atoms with Crippen molar-refractivity contribution in [1.29, 1.82) is 0 Å². The van der Waals surface area contributed by atoms with Crippen LogP contribution in [0, 0.1) is 5.82 Å². The van der Waals surface area contributed by atoms with Crippen molar-refractivity contribution in [3.63, 3.8) is 0 Å². The average Bonchev–Trinajstić information content (AvgIpc) is 2.84. The van der Waals surface area contributed by atoms with Gasteiger partial charge in [0.05, 0.1) is 23.1 Å². The number of benzene rings is 1. The molecule has 0 aliphatic carbocycles. The van der Waals surface area contributed by atoms with Crippen LogP contribution in [-0.2, 0) is 7.05 Å². The van der Waals surface area contributed by atoms with Crippen LogP contribution >= 0.6 is 0 Å². The molecule has 3 aromatic rings. The van der Waals surface area contributed by atoms with E-state index in [1.165, 1.54) is 6.07 Å². The van der Waals surface area contributed by atoms with Crippen LogP contribution in [0.25, 0.3) is 22.3 Å². The Kier molecular flexibility index (Phi) is 1.95. The van der Waals surface area contributed by atoms with Gasteiger partial charge in [0.25, 0.3) is 0 Å². The van der Waals surface area contributed by atoms with E-state index in [4.69, 9.17) is 5.73 Å². The lowest BCUT2D eigenvalue weighted by Crippen LogP contribution is -1.95. The van der Waals surface area contributed by atoms with Crippen molar-refractivity contribution in [1.82, 2.24) is 14.8 Å². The van der Waals surface area contributed by atoms with E-state index < -0.39 is 0 Å². The molecule has 0 saturated carbocycles. The maximum Gasteiger partial charge on any atom is 0.147 e. The van der Waals surface area contributed by atoms with Gasteiger partial charge in [-0.1, -0.05) is 12.1 Å². The fourth-order valence-electron chi connectivity index (χ4n) is 2.11. The first kappa shape index (κ1) is 9.89. The van der Waals surface area contributed by atoms with Gasteiger partial charge in [0, 0.05) is 12.4 Å². The second-order valence-electron chi connectivity index (χ2n) is 3.97. The molecular weight excluding hydrogens is 219 g/mol. The molecule has 0 unspecified atom stereocenters. The van der Waals surface area contributed by atoms with Crippen molar-refractivity contribution in [2.24, 2.45) is 7.05 Å². The summed E-state index contributed by atoms with van der Waals surface area (Å²) in [6.45, 7) is 0. The van der Waals surface area contributed by atoms with Crippen LogP contribution in [0.15, 0.2) is 30.5 Å². The number of rotatable bonds is 1. The van der Waals surface area contributed by atoms with Gasteiger partial charge in [-0.25, -0.2) is 4.39 Å². The van der Waals surface area contributed by atoms with Crippen LogP contribution in [0.5, 0.6) is 0 Å². The Morgan fingerprint density at radius 3 is 2.88 bits per heavy atom. The summed E-state index contributed by atoms with van der Waals surface area (Å²) in [5, 5.41) is 7.54. The van der Waals surface area contributed by atoms with Crippen LogP contribution in [0.1, 0.15) is 0 Å². The number of halogens is 1. The van der Waals surface area contributed by atoms with E-state index in [2.05, 4.69) is 10.2 Å². The number of nitrogen functional groups attached to an aromatic ring is 1. The highest BCUT2D eigenvalue weighted by atomic mass is 19.1. The maximum absolute atomic E-state index is 13.7. The minimum Gasteiger partial charge on any atom is -0.396 e. The first-order valence-corrected chi connectivity index (χ1v) is 5.21. The van der Waals surface area contributed by atoms with Gasteiger partial charge in [-0.05, 0) is 12.1 Å². The number of para-hydroxylation sites is 1. The van der Waals surface area contributed by atoms with E-state index >= 15 is 0 Å². The molecule has 0 saturated heterocycles. The molecule has 4 nitrogen and oxygen atoms in total. The molecule has 17 heavy (non-hydrogen) atoms. The summed E-state index contributed by atoms with van der Waals surface area (Å²) in [5.74, 6) is -0.241. The second kappa shape index (κ2) is 3.35. The molecule has 0 spiro atoms. The number of aromatic nitrogens is 3. The van der Waals surface area contributed by atoms with Gasteiger partial charge < -0.3 is 10.3 Å². The number of anilines is 1. The first-order chi connectivity index (χ1) is 8.18. The monoisotopic (exact) mass is 230 g/mol. The number of H-pyrrole nitrogens is 1. The van der Waals surface area contributed by atoms with E-state index in [1.54, 1.807) is 23.9 Å². The molecule has 0 aliphatic rings. The number of aromatic amines is 1. The molecule has 1 aromatic carbocycles. The van der Waals surface area contributed by atoms with E-state index in [0.717, 1.165) is 11.1 Å². The summed E-state index contributed by atoms with van der Waals surface area (Å²) in [4.78, 5) is 0. The summed E-state index contributed by atoms with van der Waals surface area (Å²) in [6, 6.07) is 6.90. The number of fused-ring (bicyclic) bond motifs is 1. The number of nitrogens with two attached hydrogens (primary N) is 1. The van der Waals surface area contributed by atoms with E-state index in [0.29, 0.717) is 16.9 Å². The van der Waals surface area contributed by atoms with Gasteiger partial charge in [-0.2, -0.15) is 5.10 Å². The predicted molar refractivity (Wildman–Crippen MR) is 64.9 cm³/mol. The summed E-state index contributed by atoms with van der Waals surface area (Å²) in [5.41, 5.74) is 8.45. The quantitative estimate of drug-likeness (QED) is 0.673. The molecule has 3 N–H and O–H groups in total. The molecule has 3 rings (SSSR count). The lowest BCUT2D eigenvalue weighted by molar-refractivity contribution is 0.632. The SMILES string of the molecule is Cn1c(-c2[nH]ncc2N)cc2cccc(F)c21. The zero-order chi connectivity index (χ0) is 12.0. The third-order valence-electron chi connectivity index (χ3n) is 2.93.